The summed E-state index contributed by atoms with van der Waals surface area (Å²) in [5, 5.41) is 2.90. The number of hydrogen-bond donors (Lipinski definition) is 2. The minimum Gasteiger partial charge on any atom is -0.336 e. The lowest BCUT2D eigenvalue weighted by molar-refractivity contribution is 0.145. The summed E-state index contributed by atoms with van der Waals surface area (Å²) in [6.07, 6.45) is 4.86. The van der Waals surface area contributed by atoms with Gasteiger partial charge in [-0.25, -0.2) is 17.9 Å². The van der Waals surface area contributed by atoms with E-state index in [0.29, 0.717) is 13.0 Å². The van der Waals surface area contributed by atoms with E-state index >= 15 is 0 Å². The largest absolute Gasteiger partial charge is 0.336 e. The van der Waals surface area contributed by atoms with Gasteiger partial charge in [0.15, 0.2) is 0 Å². The lowest BCUT2D eigenvalue weighted by Crippen LogP contribution is -2.51. The molecule has 19 heavy (non-hydrogen) atoms. The van der Waals surface area contributed by atoms with Crippen molar-refractivity contribution in [1.82, 2.24) is 14.9 Å². The van der Waals surface area contributed by atoms with Gasteiger partial charge in [0, 0.05) is 25.2 Å². The number of rotatable bonds is 5. The molecule has 1 atom stereocenters. The number of hydrogen-bond acceptors (Lipinski definition) is 3. The van der Waals surface area contributed by atoms with Crippen LogP contribution >= 0.6 is 0 Å². The van der Waals surface area contributed by atoms with Crippen LogP contribution in [0.15, 0.2) is 0 Å². The molecule has 7 heteroatoms. The molecule has 0 radical (unpaired) electrons. The molecule has 0 aromatic rings. The number of carbonyl (C=O) groups excluding carboxylic acids is 1. The fourth-order valence-corrected chi connectivity index (χ4v) is 2.80. The minimum absolute atomic E-state index is 0.0425. The van der Waals surface area contributed by atoms with Crippen molar-refractivity contribution < 1.29 is 13.2 Å². The van der Waals surface area contributed by atoms with Gasteiger partial charge in [-0.05, 0) is 39.5 Å². The molecule has 0 aromatic heterocycles. The molecule has 2 amide bonds. The molecule has 0 bridgehead atoms. The van der Waals surface area contributed by atoms with Crippen molar-refractivity contribution >= 4 is 16.1 Å². The maximum Gasteiger partial charge on any atom is 0.317 e. The van der Waals surface area contributed by atoms with Gasteiger partial charge in [0.2, 0.25) is 10.0 Å². The summed E-state index contributed by atoms with van der Waals surface area (Å²) in [7, 11) is -3.15. The first kappa shape index (κ1) is 16.2. The van der Waals surface area contributed by atoms with E-state index in [1.807, 2.05) is 18.7 Å². The molecular weight excluding hydrogens is 266 g/mol. The highest BCUT2D eigenvalue weighted by Gasteiger charge is 2.26. The Balaban J connectivity index is 2.50. The molecule has 1 unspecified atom stereocenters. The van der Waals surface area contributed by atoms with Crippen molar-refractivity contribution in [1.29, 1.82) is 0 Å². The second kappa shape index (κ2) is 7.09. The molecule has 1 saturated heterocycles. The van der Waals surface area contributed by atoms with Gasteiger partial charge in [-0.2, -0.15) is 0 Å². The van der Waals surface area contributed by atoms with Crippen LogP contribution in [0.1, 0.15) is 39.5 Å². The van der Waals surface area contributed by atoms with Gasteiger partial charge in [0.1, 0.15) is 0 Å². The zero-order chi connectivity index (χ0) is 14.5. The average Bonchev–Trinajstić information content (AvgIpc) is 2.27. The van der Waals surface area contributed by atoms with Crippen molar-refractivity contribution in [2.45, 2.75) is 51.6 Å². The van der Waals surface area contributed by atoms with Crippen molar-refractivity contribution in [2.24, 2.45) is 0 Å². The van der Waals surface area contributed by atoms with Crippen molar-refractivity contribution in [3.05, 3.63) is 0 Å². The first-order valence-electron chi connectivity index (χ1n) is 6.81. The average molecular weight is 291 g/mol. The minimum atomic E-state index is -3.15. The molecular formula is C12H25N3O3S. The Morgan fingerprint density at radius 3 is 2.63 bits per heavy atom. The topological polar surface area (TPSA) is 78.5 Å². The number of carbonyl (C=O) groups is 1. The monoisotopic (exact) mass is 291 g/mol. The number of nitrogens with zero attached hydrogens (tertiary/aromatic N) is 1. The standard InChI is InChI=1S/C12H25N3O3S/c1-10(2)14-12(16)15-9-5-4-6-11(15)7-8-13-19(3,17)18/h10-11,13H,4-9H2,1-3H3,(H,14,16). The third-order valence-corrected chi connectivity index (χ3v) is 3.87. The fraction of sp³-hybridized carbons (Fsp3) is 0.917. The Hall–Kier alpha value is -0.820. The van der Waals surface area contributed by atoms with Crippen molar-refractivity contribution in [3.8, 4) is 0 Å². The Morgan fingerprint density at radius 1 is 1.37 bits per heavy atom. The van der Waals surface area contributed by atoms with Crippen LogP contribution in [0.3, 0.4) is 0 Å². The van der Waals surface area contributed by atoms with Gasteiger partial charge < -0.3 is 10.2 Å². The van der Waals surface area contributed by atoms with Gasteiger partial charge in [-0.1, -0.05) is 0 Å². The van der Waals surface area contributed by atoms with Crippen LogP contribution in [0.5, 0.6) is 0 Å². The van der Waals surface area contributed by atoms with Crippen LogP contribution in [0.2, 0.25) is 0 Å². The molecule has 1 aliphatic rings. The van der Waals surface area contributed by atoms with Gasteiger partial charge in [0.05, 0.1) is 6.26 Å². The van der Waals surface area contributed by atoms with E-state index in [2.05, 4.69) is 10.0 Å². The zero-order valence-corrected chi connectivity index (χ0v) is 12.8. The van der Waals surface area contributed by atoms with Gasteiger partial charge in [0.25, 0.3) is 0 Å². The summed E-state index contributed by atoms with van der Waals surface area (Å²) < 4.78 is 24.5. The van der Waals surface area contributed by atoms with Crippen LogP contribution in [-0.2, 0) is 10.0 Å². The summed E-state index contributed by atoms with van der Waals surface area (Å²) in [5.74, 6) is 0. The van der Waals surface area contributed by atoms with E-state index in [1.54, 1.807) is 0 Å². The van der Waals surface area contributed by atoms with E-state index < -0.39 is 10.0 Å². The van der Waals surface area contributed by atoms with Crippen LogP contribution in [0, 0.1) is 0 Å². The number of piperidine rings is 1. The third-order valence-electron chi connectivity index (χ3n) is 3.14. The van der Waals surface area contributed by atoms with E-state index in [9.17, 15) is 13.2 Å². The van der Waals surface area contributed by atoms with Crippen LogP contribution in [-0.4, -0.2) is 50.8 Å². The molecule has 1 heterocycles. The van der Waals surface area contributed by atoms with Crippen LogP contribution in [0.25, 0.3) is 0 Å². The Bertz CT molecular complexity index is 395. The number of likely N-dealkylation sites (tertiary alicyclic amines) is 1. The molecule has 2 N–H and O–H groups in total. The van der Waals surface area contributed by atoms with Gasteiger partial charge in [-0.3, -0.25) is 0 Å². The van der Waals surface area contributed by atoms with E-state index in [4.69, 9.17) is 0 Å². The molecule has 1 aliphatic heterocycles. The fourth-order valence-electron chi connectivity index (χ4n) is 2.31. The molecule has 0 aromatic carbocycles. The summed E-state index contributed by atoms with van der Waals surface area (Å²) in [6, 6.07) is 0.199. The predicted octanol–water partition coefficient (Wildman–Crippen LogP) is 0.898. The van der Waals surface area contributed by atoms with Gasteiger partial charge >= 0.3 is 6.03 Å². The van der Waals surface area contributed by atoms with E-state index in [0.717, 1.165) is 32.1 Å². The van der Waals surface area contributed by atoms with Crippen molar-refractivity contribution in [3.63, 3.8) is 0 Å². The first-order valence-corrected chi connectivity index (χ1v) is 8.70. The Morgan fingerprint density at radius 2 is 2.05 bits per heavy atom. The third kappa shape index (κ3) is 6.24. The summed E-state index contributed by atoms with van der Waals surface area (Å²) in [4.78, 5) is 13.9. The maximum absolute atomic E-state index is 12.1. The highest BCUT2D eigenvalue weighted by atomic mass is 32.2. The van der Waals surface area contributed by atoms with E-state index in [1.165, 1.54) is 0 Å². The second-order valence-corrected chi connectivity index (χ2v) is 7.24. The molecule has 6 nitrogen and oxygen atoms in total. The maximum atomic E-state index is 12.1. The second-order valence-electron chi connectivity index (χ2n) is 5.40. The smallest absolute Gasteiger partial charge is 0.317 e. The number of sulfonamides is 1. The summed E-state index contributed by atoms with van der Waals surface area (Å²) in [5.41, 5.74) is 0. The van der Waals surface area contributed by atoms with Crippen molar-refractivity contribution in [2.75, 3.05) is 19.3 Å². The molecule has 1 fully saturated rings. The number of nitrogens with one attached hydrogen (secondary N) is 2. The molecule has 0 saturated carbocycles. The molecule has 1 rings (SSSR count). The molecule has 112 valence electrons. The summed E-state index contributed by atoms with van der Waals surface area (Å²) in [6.45, 7) is 5.00. The SMILES string of the molecule is CC(C)NC(=O)N1CCCCC1CCNS(C)(=O)=O. The summed E-state index contributed by atoms with van der Waals surface area (Å²) >= 11 is 0. The lowest BCUT2D eigenvalue weighted by Gasteiger charge is -2.36. The Labute approximate surface area is 116 Å². The number of urea groups is 1. The van der Waals surface area contributed by atoms with E-state index in [-0.39, 0.29) is 18.1 Å². The van der Waals surface area contributed by atoms with Gasteiger partial charge in [-0.15, -0.1) is 0 Å². The molecule has 0 aliphatic carbocycles. The quantitative estimate of drug-likeness (QED) is 0.790. The normalized spacial score (nSPS) is 20.6. The number of amides is 2. The highest BCUT2D eigenvalue weighted by Crippen LogP contribution is 2.19. The highest BCUT2D eigenvalue weighted by molar-refractivity contribution is 7.88. The lowest BCUT2D eigenvalue weighted by atomic mass is 10.00. The Kier molecular flexibility index (Phi) is 6.06. The zero-order valence-electron chi connectivity index (χ0n) is 12.0. The predicted molar refractivity (Wildman–Crippen MR) is 75.5 cm³/mol. The van der Waals surface area contributed by atoms with Crippen LogP contribution < -0.4 is 10.0 Å². The first-order chi connectivity index (χ1) is 8.79. The van der Waals surface area contributed by atoms with Crippen LogP contribution in [0.4, 0.5) is 4.79 Å². The molecule has 0 spiro atoms.